The molecule has 0 radical (unpaired) electrons. The molecule has 1 saturated heterocycles. The first kappa shape index (κ1) is 15.3. The molecule has 0 bridgehead atoms. The molecule has 0 unspecified atom stereocenters. The van der Waals surface area contributed by atoms with Gasteiger partial charge in [0.15, 0.2) is 0 Å². The van der Waals surface area contributed by atoms with Gasteiger partial charge >= 0.3 is 0 Å². The molecule has 1 fully saturated rings. The van der Waals surface area contributed by atoms with E-state index < -0.39 is 0 Å². The highest BCUT2D eigenvalue weighted by Gasteiger charge is 2.24. The number of likely N-dealkylation sites (tertiary alicyclic amines) is 1. The normalized spacial score (nSPS) is 17.8. The molecule has 3 heterocycles. The lowest BCUT2D eigenvalue weighted by molar-refractivity contribution is -0.130. The number of rotatable bonds is 3. The molecule has 3 rings (SSSR count). The minimum Gasteiger partial charge on any atom is -0.342 e. The van der Waals surface area contributed by atoms with Gasteiger partial charge in [0.1, 0.15) is 17.5 Å². The average molecular weight is 312 g/mol. The largest absolute Gasteiger partial charge is 0.342 e. The molecule has 7 heteroatoms. The van der Waals surface area contributed by atoms with Crippen molar-refractivity contribution < 1.29 is 4.79 Å². The predicted molar refractivity (Wildman–Crippen MR) is 86.3 cm³/mol. The Kier molecular flexibility index (Phi) is 4.45. The van der Waals surface area contributed by atoms with Crippen LogP contribution in [0.5, 0.6) is 0 Å². The molecule has 1 atom stereocenters. The van der Waals surface area contributed by atoms with E-state index in [4.69, 9.17) is 0 Å². The zero-order valence-electron chi connectivity index (χ0n) is 13.4. The quantitative estimate of drug-likeness (QED) is 0.933. The smallest absolute Gasteiger partial charge is 0.219 e. The number of piperidine rings is 1. The Morgan fingerprint density at radius 1 is 1.30 bits per heavy atom. The molecule has 120 valence electrons. The van der Waals surface area contributed by atoms with E-state index >= 15 is 0 Å². The van der Waals surface area contributed by atoms with Gasteiger partial charge in [0.2, 0.25) is 5.91 Å². The van der Waals surface area contributed by atoms with Crippen molar-refractivity contribution in [3.63, 3.8) is 0 Å². The number of carbonyl (C=O) groups is 1. The van der Waals surface area contributed by atoms with Crippen LogP contribution in [0.2, 0.25) is 0 Å². The van der Waals surface area contributed by atoms with E-state index in [1.54, 1.807) is 25.5 Å². The number of carbonyl (C=O) groups excluding carboxylic acids is 1. The summed E-state index contributed by atoms with van der Waals surface area (Å²) in [7, 11) is 0. The Morgan fingerprint density at radius 3 is 2.91 bits per heavy atom. The predicted octanol–water partition coefficient (Wildman–Crippen LogP) is 2.04. The summed E-state index contributed by atoms with van der Waals surface area (Å²) in [6, 6.07) is 1.94. The van der Waals surface area contributed by atoms with Crippen LogP contribution in [0.1, 0.15) is 37.2 Å². The summed E-state index contributed by atoms with van der Waals surface area (Å²) in [6.07, 6.45) is 6.93. The van der Waals surface area contributed by atoms with Gasteiger partial charge in [0, 0.05) is 44.4 Å². The summed E-state index contributed by atoms with van der Waals surface area (Å²) in [5.41, 5.74) is 0.967. The van der Waals surface area contributed by atoms with Crippen LogP contribution in [0, 0.1) is 6.92 Å². The minimum atomic E-state index is 0.124. The average Bonchev–Trinajstić information content (AvgIpc) is 2.55. The monoisotopic (exact) mass is 312 g/mol. The van der Waals surface area contributed by atoms with Gasteiger partial charge in [-0.3, -0.25) is 9.78 Å². The van der Waals surface area contributed by atoms with Crippen LogP contribution >= 0.6 is 0 Å². The second kappa shape index (κ2) is 6.68. The van der Waals surface area contributed by atoms with Gasteiger partial charge in [-0.05, 0) is 19.8 Å². The number of hydrogen-bond acceptors (Lipinski definition) is 6. The third kappa shape index (κ3) is 3.80. The van der Waals surface area contributed by atoms with Crippen LogP contribution in [-0.2, 0) is 4.79 Å². The molecule has 23 heavy (non-hydrogen) atoms. The molecule has 1 aliphatic rings. The number of aryl methyl sites for hydroxylation is 1. The molecule has 2 aromatic rings. The molecular formula is C16H20N6O. The summed E-state index contributed by atoms with van der Waals surface area (Å²) < 4.78 is 0. The third-order valence-corrected chi connectivity index (χ3v) is 3.96. The lowest BCUT2D eigenvalue weighted by Gasteiger charge is -2.31. The Labute approximate surface area is 135 Å². The molecule has 1 N–H and O–H groups in total. The summed E-state index contributed by atoms with van der Waals surface area (Å²) >= 11 is 0. The van der Waals surface area contributed by atoms with Crippen LogP contribution < -0.4 is 5.32 Å². The highest BCUT2D eigenvalue weighted by molar-refractivity contribution is 5.73. The van der Waals surface area contributed by atoms with Gasteiger partial charge in [0.05, 0.1) is 11.9 Å². The van der Waals surface area contributed by atoms with E-state index in [0.717, 1.165) is 31.6 Å². The number of nitrogens with zero attached hydrogens (tertiary/aromatic N) is 5. The second-order valence-electron chi connectivity index (χ2n) is 5.75. The zero-order chi connectivity index (χ0) is 16.2. The van der Waals surface area contributed by atoms with Crippen LogP contribution in [-0.4, -0.2) is 43.8 Å². The van der Waals surface area contributed by atoms with E-state index in [1.165, 1.54) is 0 Å². The first-order valence-electron chi connectivity index (χ1n) is 7.76. The summed E-state index contributed by atoms with van der Waals surface area (Å²) in [5, 5.41) is 3.15. The Bertz CT molecular complexity index is 690. The zero-order valence-corrected chi connectivity index (χ0v) is 13.4. The van der Waals surface area contributed by atoms with Crippen LogP contribution in [0.15, 0.2) is 24.7 Å². The lowest BCUT2D eigenvalue weighted by Crippen LogP contribution is -2.37. The SMILES string of the molecule is CC(=O)N1CCC[C@H](c2cc(Nc3cnccn3)nc(C)n2)C1. The Hall–Kier alpha value is -2.57. The van der Waals surface area contributed by atoms with Gasteiger partial charge in [-0.25, -0.2) is 15.0 Å². The van der Waals surface area contributed by atoms with Crippen molar-refractivity contribution in [2.45, 2.75) is 32.6 Å². The molecular weight excluding hydrogens is 292 g/mol. The van der Waals surface area contributed by atoms with Gasteiger partial charge in [-0.15, -0.1) is 0 Å². The summed E-state index contributed by atoms with van der Waals surface area (Å²) in [4.78, 5) is 30.7. The maximum atomic E-state index is 11.6. The molecule has 0 aliphatic carbocycles. The Morgan fingerprint density at radius 2 is 2.17 bits per heavy atom. The van der Waals surface area contributed by atoms with Crippen molar-refractivity contribution in [2.75, 3.05) is 18.4 Å². The first-order valence-corrected chi connectivity index (χ1v) is 7.76. The number of hydrogen-bond donors (Lipinski definition) is 1. The molecule has 0 spiro atoms. The van der Waals surface area contributed by atoms with Crippen molar-refractivity contribution in [2.24, 2.45) is 0 Å². The lowest BCUT2D eigenvalue weighted by atomic mass is 9.94. The van der Waals surface area contributed by atoms with Crippen molar-refractivity contribution in [3.8, 4) is 0 Å². The van der Waals surface area contributed by atoms with Gasteiger partial charge in [0.25, 0.3) is 0 Å². The standard InChI is InChI=1S/C16H20N6O/c1-11-19-14(13-4-3-7-22(10-13)12(2)23)8-15(20-11)21-16-9-17-5-6-18-16/h5-6,8-9,13H,3-4,7,10H2,1-2H3,(H,18,19,20,21)/t13-/m0/s1. The van der Waals surface area contributed by atoms with E-state index in [-0.39, 0.29) is 11.8 Å². The number of anilines is 2. The summed E-state index contributed by atoms with van der Waals surface area (Å²) in [5.74, 6) is 2.42. The number of nitrogens with one attached hydrogen (secondary N) is 1. The van der Waals surface area contributed by atoms with E-state index in [1.807, 2.05) is 17.9 Å². The van der Waals surface area contributed by atoms with E-state index in [0.29, 0.717) is 17.5 Å². The van der Waals surface area contributed by atoms with Crippen molar-refractivity contribution in [3.05, 3.63) is 36.2 Å². The van der Waals surface area contributed by atoms with Crippen molar-refractivity contribution in [1.29, 1.82) is 0 Å². The van der Waals surface area contributed by atoms with Crippen LogP contribution in [0.3, 0.4) is 0 Å². The first-order chi connectivity index (χ1) is 11.1. The van der Waals surface area contributed by atoms with E-state index in [2.05, 4.69) is 25.3 Å². The van der Waals surface area contributed by atoms with Crippen LogP contribution in [0.25, 0.3) is 0 Å². The maximum Gasteiger partial charge on any atom is 0.219 e. The molecule has 2 aromatic heterocycles. The minimum absolute atomic E-state index is 0.124. The highest BCUT2D eigenvalue weighted by Crippen LogP contribution is 2.27. The van der Waals surface area contributed by atoms with Gasteiger partial charge < -0.3 is 10.2 Å². The molecule has 7 nitrogen and oxygen atoms in total. The van der Waals surface area contributed by atoms with Gasteiger partial charge in [-0.1, -0.05) is 0 Å². The van der Waals surface area contributed by atoms with E-state index in [9.17, 15) is 4.79 Å². The fourth-order valence-corrected chi connectivity index (χ4v) is 2.86. The molecule has 0 saturated carbocycles. The van der Waals surface area contributed by atoms with Crippen molar-refractivity contribution >= 4 is 17.5 Å². The van der Waals surface area contributed by atoms with Crippen LogP contribution in [0.4, 0.5) is 11.6 Å². The topological polar surface area (TPSA) is 83.9 Å². The highest BCUT2D eigenvalue weighted by atomic mass is 16.2. The summed E-state index contributed by atoms with van der Waals surface area (Å²) in [6.45, 7) is 5.04. The molecule has 0 aromatic carbocycles. The maximum absolute atomic E-state index is 11.6. The Balaban J connectivity index is 1.81. The fourth-order valence-electron chi connectivity index (χ4n) is 2.86. The van der Waals surface area contributed by atoms with Gasteiger partial charge in [-0.2, -0.15) is 0 Å². The van der Waals surface area contributed by atoms with Crippen molar-refractivity contribution in [1.82, 2.24) is 24.8 Å². The number of amides is 1. The molecule has 1 aliphatic heterocycles. The second-order valence-corrected chi connectivity index (χ2v) is 5.75. The molecule has 1 amide bonds. The third-order valence-electron chi connectivity index (χ3n) is 3.96. The fraction of sp³-hybridized carbons (Fsp3) is 0.438. The number of aromatic nitrogens is 4.